The van der Waals surface area contributed by atoms with E-state index in [1.165, 1.54) is 0 Å². The molecule has 1 atom stereocenters. The summed E-state index contributed by atoms with van der Waals surface area (Å²) in [5.41, 5.74) is -1.11. The molecule has 0 aliphatic heterocycles. The topological polar surface area (TPSA) is 93.1 Å². The number of anilines is 1. The second-order valence-electron chi connectivity index (χ2n) is 6.52. The van der Waals surface area contributed by atoms with E-state index in [4.69, 9.17) is 4.74 Å². The van der Waals surface area contributed by atoms with Gasteiger partial charge in [0, 0.05) is 0 Å². The van der Waals surface area contributed by atoms with E-state index in [0.717, 1.165) is 24.3 Å². The van der Waals surface area contributed by atoms with Gasteiger partial charge in [0.25, 0.3) is 0 Å². The molecular formula is C19H18F3NO6S. The SMILES string of the molecule is CCOC(=O)[C@]1(N(c2ccc(OC(F)(F)F)cc2)S(=O)(=O)O)CCc2ccccc21. The molecular weight excluding hydrogens is 427 g/mol. The molecule has 0 unspecified atom stereocenters. The molecule has 0 fully saturated rings. The lowest BCUT2D eigenvalue weighted by Crippen LogP contribution is -2.54. The number of rotatable bonds is 6. The van der Waals surface area contributed by atoms with Crippen molar-refractivity contribution in [3.05, 3.63) is 59.7 Å². The van der Waals surface area contributed by atoms with Gasteiger partial charge in [0.05, 0.1) is 12.3 Å². The third-order valence-corrected chi connectivity index (χ3v) is 5.70. The molecule has 1 N–H and O–H groups in total. The lowest BCUT2D eigenvalue weighted by molar-refractivity contribution is -0.274. The van der Waals surface area contributed by atoms with Crippen LogP contribution in [0.15, 0.2) is 48.5 Å². The first kappa shape index (κ1) is 21.9. The van der Waals surface area contributed by atoms with Crippen molar-refractivity contribution >= 4 is 22.0 Å². The van der Waals surface area contributed by atoms with Gasteiger partial charge in [-0.2, -0.15) is 8.42 Å². The van der Waals surface area contributed by atoms with Crippen molar-refractivity contribution in [3.63, 3.8) is 0 Å². The summed E-state index contributed by atoms with van der Waals surface area (Å²) >= 11 is 0. The van der Waals surface area contributed by atoms with E-state index in [2.05, 4.69) is 4.74 Å². The number of aryl methyl sites for hydroxylation is 1. The van der Waals surface area contributed by atoms with Crippen LogP contribution in [-0.2, 0) is 31.8 Å². The molecule has 162 valence electrons. The van der Waals surface area contributed by atoms with E-state index < -0.39 is 33.9 Å². The maximum Gasteiger partial charge on any atom is 0.573 e. The second-order valence-corrected chi connectivity index (χ2v) is 7.78. The van der Waals surface area contributed by atoms with Gasteiger partial charge in [-0.3, -0.25) is 4.55 Å². The van der Waals surface area contributed by atoms with Crippen molar-refractivity contribution in [2.24, 2.45) is 0 Å². The van der Waals surface area contributed by atoms with Crippen LogP contribution < -0.4 is 9.04 Å². The van der Waals surface area contributed by atoms with Crippen LogP contribution in [0.25, 0.3) is 0 Å². The van der Waals surface area contributed by atoms with Crippen LogP contribution in [0.5, 0.6) is 5.75 Å². The molecule has 0 bridgehead atoms. The van der Waals surface area contributed by atoms with E-state index in [1.807, 2.05) is 0 Å². The number of halogens is 3. The number of carbonyl (C=O) groups is 1. The Morgan fingerprint density at radius 2 is 1.80 bits per heavy atom. The number of hydrogen-bond donors (Lipinski definition) is 1. The highest BCUT2D eigenvalue weighted by molar-refractivity contribution is 7.87. The van der Waals surface area contributed by atoms with Crippen LogP contribution in [0.1, 0.15) is 24.5 Å². The summed E-state index contributed by atoms with van der Waals surface area (Å²) < 4.78 is 81.6. The zero-order valence-electron chi connectivity index (χ0n) is 15.7. The molecule has 0 spiro atoms. The quantitative estimate of drug-likeness (QED) is 0.540. The molecule has 0 radical (unpaired) electrons. The summed E-state index contributed by atoms with van der Waals surface area (Å²) in [6.07, 6.45) is -4.62. The van der Waals surface area contributed by atoms with E-state index in [9.17, 15) is 30.9 Å². The highest BCUT2D eigenvalue weighted by Gasteiger charge is 2.55. The number of ether oxygens (including phenoxy) is 2. The third kappa shape index (κ3) is 4.08. The van der Waals surface area contributed by atoms with Gasteiger partial charge in [-0.05, 0) is 55.2 Å². The minimum Gasteiger partial charge on any atom is -0.464 e. The van der Waals surface area contributed by atoms with Crippen LogP contribution in [0.2, 0.25) is 0 Å². The van der Waals surface area contributed by atoms with Crippen LogP contribution in [0.3, 0.4) is 0 Å². The molecule has 11 heteroatoms. The minimum absolute atomic E-state index is 0.0221. The molecule has 2 aromatic rings. The molecule has 30 heavy (non-hydrogen) atoms. The summed E-state index contributed by atoms with van der Waals surface area (Å²) in [7, 11) is -5.04. The van der Waals surface area contributed by atoms with Gasteiger partial charge >= 0.3 is 22.6 Å². The summed E-state index contributed by atoms with van der Waals surface area (Å²) in [6.45, 7) is 1.51. The van der Waals surface area contributed by atoms with Crippen LogP contribution in [0, 0.1) is 0 Å². The first-order valence-electron chi connectivity index (χ1n) is 8.88. The number of fused-ring (bicyclic) bond motifs is 1. The highest BCUT2D eigenvalue weighted by Crippen LogP contribution is 2.46. The van der Waals surface area contributed by atoms with Crippen LogP contribution in [-0.4, -0.2) is 31.9 Å². The van der Waals surface area contributed by atoms with Crippen LogP contribution >= 0.6 is 0 Å². The van der Waals surface area contributed by atoms with Crippen molar-refractivity contribution < 1.29 is 40.4 Å². The average Bonchev–Trinajstić information content (AvgIpc) is 3.02. The molecule has 3 rings (SSSR count). The first-order valence-corrected chi connectivity index (χ1v) is 10.3. The largest absolute Gasteiger partial charge is 0.573 e. The van der Waals surface area contributed by atoms with Gasteiger partial charge in [0.1, 0.15) is 5.75 Å². The predicted molar refractivity (Wildman–Crippen MR) is 100 cm³/mol. The number of benzene rings is 2. The van der Waals surface area contributed by atoms with Gasteiger partial charge in [0.2, 0.25) is 0 Å². The molecule has 1 aliphatic carbocycles. The maximum absolute atomic E-state index is 13.0. The van der Waals surface area contributed by atoms with Gasteiger partial charge in [-0.15, -0.1) is 13.2 Å². The molecule has 2 aromatic carbocycles. The molecule has 0 aromatic heterocycles. The van der Waals surface area contributed by atoms with Gasteiger partial charge in [0.15, 0.2) is 5.54 Å². The fraction of sp³-hybridized carbons (Fsp3) is 0.316. The second kappa shape index (κ2) is 7.80. The Balaban J connectivity index is 2.17. The van der Waals surface area contributed by atoms with Crippen molar-refractivity contribution in [1.29, 1.82) is 0 Å². The van der Waals surface area contributed by atoms with E-state index in [0.29, 0.717) is 21.9 Å². The van der Waals surface area contributed by atoms with Crippen LogP contribution in [0.4, 0.5) is 18.9 Å². The smallest absolute Gasteiger partial charge is 0.464 e. The first-order chi connectivity index (χ1) is 14.0. The molecule has 0 saturated carbocycles. The molecule has 7 nitrogen and oxygen atoms in total. The fourth-order valence-electron chi connectivity index (χ4n) is 3.68. The normalized spacial score (nSPS) is 18.6. The molecule has 0 saturated heterocycles. The Morgan fingerprint density at radius 3 is 2.37 bits per heavy atom. The molecule has 0 amide bonds. The van der Waals surface area contributed by atoms with Crippen molar-refractivity contribution in [3.8, 4) is 5.75 Å². The lowest BCUT2D eigenvalue weighted by Gasteiger charge is -2.38. The molecule has 1 aliphatic rings. The number of esters is 1. The Hall–Kier alpha value is -2.79. The zero-order chi connectivity index (χ0) is 22.2. The number of alkyl halides is 3. The number of nitrogens with zero attached hydrogens (tertiary/aromatic N) is 1. The van der Waals surface area contributed by atoms with Gasteiger partial charge < -0.3 is 9.47 Å². The number of carbonyl (C=O) groups excluding carboxylic acids is 1. The van der Waals surface area contributed by atoms with Crippen molar-refractivity contribution in [2.75, 3.05) is 10.9 Å². The van der Waals surface area contributed by atoms with E-state index in [-0.39, 0.29) is 18.7 Å². The summed E-state index contributed by atoms with van der Waals surface area (Å²) in [5.74, 6) is -1.48. The highest BCUT2D eigenvalue weighted by atomic mass is 32.2. The van der Waals surface area contributed by atoms with Crippen molar-refractivity contribution in [1.82, 2.24) is 0 Å². The summed E-state index contributed by atoms with van der Waals surface area (Å²) in [5, 5.41) is 0. The Labute approximate surface area is 170 Å². The third-order valence-electron chi connectivity index (χ3n) is 4.71. The monoisotopic (exact) mass is 445 g/mol. The predicted octanol–water partition coefficient (Wildman–Crippen LogP) is 3.60. The maximum atomic E-state index is 13.0. The fourth-order valence-corrected chi connectivity index (χ4v) is 4.73. The van der Waals surface area contributed by atoms with Gasteiger partial charge in [-0.25, -0.2) is 9.10 Å². The Bertz CT molecular complexity index is 1040. The average molecular weight is 445 g/mol. The summed E-state index contributed by atoms with van der Waals surface area (Å²) in [6, 6.07) is 10.4. The van der Waals surface area contributed by atoms with Crippen molar-refractivity contribution in [2.45, 2.75) is 31.7 Å². The zero-order valence-corrected chi connectivity index (χ0v) is 16.5. The van der Waals surface area contributed by atoms with E-state index in [1.54, 1.807) is 31.2 Å². The Morgan fingerprint density at radius 1 is 1.17 bits per heavy atom. The Kier molecular flexibility index (Phi) is 5.70. The van der Waals surface area contributed by atoms with Gasteiger partial charge in [-0.1, -0.05) is 24.3 Å². The summed E-state index contributed by atoms with van der Waals surface area (Å²) in [4.78, 5) is 13.0. The number of hydrogen-bond acceptors (Lipinski definition) is 5. The van der Waals surface area contributed by atoms with E-state index >= 15 is 0 Å². The standard InChI is InChI=1S/C19H18F3NO6S/c1-2-28-17(24)18(12-11-13-5-3-4-6-16(13)18)23(30(25,26)27)14-7-9-15(10-8-14)29-19(20,21)22/h3-10H,2,11-12H2,1H3,(H,25,26,27)/t18-/m0/s1. The molecule has 0 heterocycles. The minimum atomic E-state index is -5.04. The lowest BCUT2D eigenvalue weighted by atomic mass is 9.91.